The molecule has 2 heterocycles. The normalized spacial score (nSPS) is 29.6. The van der Waals surface area contributed by atoms with E-state index in [-0.39, 0.29) is 24.1 Å². The summed E-state index contributed by atoms with van der Waals surface area (Å²) in [6.07, 6.45) is 6.32. The first kappa shape index (κ1) is 19.8. The van der Waals surface area contributed by atoms with Crippen molar-refractivity contribution < 1.29 is 23.2 Å². The van der Waals surface area contributed by atoms with Crippen LogP contribution < -0.4 is 5.32 Å². The molecule has 1 N–H and O–H groups in total. The summed E-state index contributed by atoms with van der Waals surface area (Å²) in [7, 11) is 0. The highest BCUT2D eigenvalue weighted by Crippen LogP contribution is 2.36. The first-order chi connectivity index (χ1) is 13.8. The largest absolute Gasteiger partial charge is 0.338 e. The van der Waals surface area contributed by atoms with E-state index in [1.54, 1.807) is 0 Å². The van der Waals surface area contributed by atoms with Crippen molar-refractivity contribution in [1.29, 1.82) is 0 Å². The van der Waals surface area contributed by atoms with Gasteiger partial charge in [0.15, 0.2) is 0 Å². The van der Waals surface area contributed by atoms with Gasteiger partial charge in [0, 0.05) is 18.2 Å². The minimum Gasteiger partial charge on any atom is -0.338 e. The lowest BCUT2D eigenvalue weighted by Gasteiger charge is -2.44. The number of rotatable bonds is 3. The number of likely N-dealkylation sites (tertiary alicyclic amines) is 1. The second-order valence-corrected chi connectivity index (χ2v) is 8.41. The van der Waals surface area contributed by atoms with Crippen LogP contribution in [0.4, 0.5) is 13.6 Å². The van der Waals surface area contributed by atoms with Crippen LogP contribution in [0.15, 0.2) is 18.2 Å². The summed E-state index contributed by atoms with van der Waals surface area (Å²) < 4.78 is 27.9. The molecule has 1 aliphatic carbocycles. The van der Waals surface area contributed by atoms with E-state index in [0.717, 1.165) is 55.2 Å². The fraction of sp³-hybridized carbons (Fsp3) is 0.571. The van der Waals surface area contributed by atoms with Crippen LogP contribution in [0.3, 0.4) is 0 Å². The maximum atomic E-state index is 14.3. The molecular weight excluding hydrogens is 380 g/mol. The number of halogens is 2. The van der Waals surface area contributed by atoms with Gasteiger partial charge >= 0.3 is 6.03 Å². The lowest BCUT2D eigenvalue weighted by Crippen LogP contribution is -2.53. The minimum absolute atomic E-state index is 0.165. The number of nitrogens with one attached hydrogen (secondary N) is 1. The Labute approximate surface area is 168 Å². The quantitative estimate of drug-likeness (QED) is 0.787. The molecule has 2 saturated heterocycles. The lowest BCUT2D eigenvalue weighted by molar-refractivity contribution is -0.142. The molecule has 1 aromatic rings. The van der Waals surface area contributed by atoms with Crippen LogP contribution in [-0.4, -0.2) is 46.8 Å². The number of hydrogen-bond donors (Lipinski definition) is 1. The van der Waals surface area contributed by atoms with Gasteiger partial charge in [-0.05, 0) is 56.7 Å². The van der Waals surface area contributed by atoms with Crippen molar-refractivity contribution in [2.75, 3.05) is 13.1 Å². The predicted molar refractivity (Wildman–Crippen MR) is 101 cm³/mol. The van der Waals surface area contributed by atoms with E-state index in [1.165, 1.54) is 13.3 Å². The van der Waals surface area contributed by atoms with Gasteiger partial charge in [-0.3, -0.25) is 14.5 Å². The number of hydrogen-bond acceptors (Lipinski definition) is 3. The van der Waals surface area contributed by atoms with Gasteiger partial charge < -0.3 is 10.2 Å². The third kappa shape index (κ3) is 3.38. The summed E-state index contributed by atoms with van der Waals surface area (Å²) in [4.78, 5) is 41.1. The number of imide groups is 1. The highest BCUT2D eigenvalue weighted by Gasteiger charge is 2.51. The first-order valence-electron chi connectivity index (χ1n) is 10.2. The Morgan fingerprint density at radius 1 is 1.17 bits per heavy atom. The molecule has 156 valence electrons. The molecule has 2 aliphatic heterocycles. The van der Waals surface area contributed by atoms with Crippen molar-refractivity contribution in [2.24, 2.45) is 5.92 Å². The Kier molecular flexibility index (Phi) is 5.04. The van der Waals surface area contributed by atoms with E-state index in [0.29, 0.717) is 12.5 Å². The maximum Gasteiger partial charge on any atom is 0.325 e. The molecule has 6 nitrogen and oxygen atoms in total. The van der Waals surface area contributed by atoms with Crippen LogP contribution in [0.2, 0.25) is 0 Å². The van der Waals surface area contributed by atoms with Crippen LogP contribution >= 0.6 is 0 Å². The van der Waals surface area contributed by atoms with Crippen molar-refractivity contribution in [3.8, 4) is 0 Å². The Morgan fingerprint density at radius 3 is 2.69 bits per heavy atom. The van der Waals surface area contributed by atoms with Gasteiger partial charge in [0.1, 0.15) is 23.7 Å². The molecule has 3 aliphatic rings. The summed E-state index contributed by atoms with van der Waals surface area (Å²) in [5.74, 6) is -2.05. The molecule has 3 atom stereocenters. The predicted octanol–water partition coefficient (Wildman–Crippen LogP) is 2.91. The number of urea groups is 1. The van der Waals surface area contributed by atoms with Gasteiger partial charge in [-0.15, -0.1) is 0 Å². The smallest absolute Gasteiger partial charge is 0.325 e. The fourth-order valence-electron chi connectivity index (χ4n) is 5.06. The molecule has 1 aromatic carbocycles. The van der Waals surface area contributed by atoms with Gasteiger partial charge in [-0.1, -0.05) is 12.8 Å². The summed E-state index contributed by atoms with van der Waals surface area (Å²) in [5, 5.41) is 2.44. The molecular formula is C21H25F2N3O3. The molecule has 1 saturated carbocycles. The number of amides is 4. The molecule has 3 fully saturated rings. The lowest BCUT2D eigenvalue weighted by atomic mass is 9.78. The first-order valence-corrected chi connectivity index (χ1v) is 10.2. The van der Waals surface area contributed by atoms with Crippen molar-refractivity contribution in [1.82, 2.24) is 15.1 Å². The standard InChI is InChI=1S/C21H25F2N3O3/c1-21(15-11-14(22)8-9-16(15)23)19(28)26(20(29)24-21)12-18(27)25-10-4-6-13-5-2-3-7-17(13)25/h8-9,11,13,17H,2-7,10,12H2,1H3,(H,24,29). The summed E-state index contributed by atoms with van der Waals surface area (Å²) in [6, 6.07) is 2.15. The molecule has 4 rings (SSSR count). The Morgan fingerprint density at radius 2 is 1.90 bits per heavy atom. The third-order valence-corrected chi connectivity index (χ3v) is 6.60. The fourth-order valence-corrected chi connectivity index (χ4v) is 5.06. The molecule has 4 amide bonds. The zero-order chi connectivity index (χ0) is 20.8. The zero-order valence-electron chi connectivity index (χ0n) is 16.4. The molecule has 0 bridgehead atoms. The van der Waals surface area contributed by atoms with Crippen LogP contribution in [0, 0.1) is 17.6 Å². The second kappa shape index (κ2) is 7.39. The number of piperidine rings is 1. The van der Waals surface area contributed by atoms with Crippen molar-refractivity contribution in [2.45, 2.75) is 57.0 Å². The van der Waals surface area contributed by atoms with Gasteiger partial charge in [0.2, 0.25) is 5.91 Å². The highest BCUT2D eigenvalue weighted by molar-refractivity contribution is 6.09. The second-order valence-electron chi connectivity index (χ2n) is 8.41. The van der Waals surface area contributed by atoms with Gasteiger partial charge in [0.25, 0.3) is 5.91 Å². The van der Waals surface area contributed by atoms with E-state index >= 15 is 0 Å². The topological polar surface area (TPSA) is 69.7 Å². The summed E-state index contributed by atoms with van der Waals surface area (Å²) in [6.45, 7) is 1.56. The summed E-state index contributed by atoms with van der Waals surface area (Å²) >= 11 is 0. The number of fused-ring (bicyclic) bond motifs is 1. The van der Waals surface area contributed by atoms with Crippen molar-refractivity contribution >= 4 is 17.8 Å². The van der Waals surface area contributed by atoms with Gasteiger partial charge in [-0.2, -0.15) is 0 Å². The van der Waals surface area contributed by atoms with Crippen LogP contribution in [0.1, 0.15) is 51.0 Å². The summed E-state index contributed by atoms with van der Waals surface area (Å²) in [5.41, 5.74) is -2.00. The Bertz CT molecular complexity index is 860. The Balaban J connectivity index is 1.53. The molecule has 0 radical (unpaired) electrons. The molecule has 0 aromatic heterocycles. The van der Waals surface area contributed by atoms with Crippen LogP contribution in [0.25, 0.3) is 0 Å². The Hall–Kier alpha value is -2.51. The van der Waals surface area contributed by atoms with Crippen LogP contribution in [-0.2, 0) is 15.1 Å². The van der Waals surface area contributed by atoms with Crippen LogP contribution in [0.5, 0.6) is 0 Å². The maximum absolute atomic E-state index is 14.3. The van der Waals surface area contributed by atoms with E-state index in [1.807, 2.05) is 4.90 Å². The van der Waals surface area contributed by atoms with Gasteiger partial charge in [-0.25, -0.2) is 13.6 Å². The zero-order valence-corrected chi connectivity index (χ0v) is 16.4. The average molecular weight is 405 g/mol. The SMILES string of the molecule is CC1(c2cc(F)ccc2F)NC(=O)N(CC(=O)N2CCCC3CCCCC32)C1=O. The molecule has 0 spiro atoms. The van der Waals surface area contributed by atoms with E-state index in [4.69, 9.17) is 0 Å². The number of nitrogens with zero attached hydrogens (tertiary/aromatic N) is 2. The number of carbonyl (C=O) groups is 3. The minimum atomic E-state index is -1.75. The average Bonchev–Trinajstić information content (AvgIpc) is 2.93. The van der Waals surface area contributed by atoms with E-state index < -0.39 is 29.1 Å². The van der Waals surface area contributed by atoms with E-state index in [9.17, 15) is 23.2 Å². The number of carbonyl (C=O) groups excluding carboxylic acids is 3. The van der Waals surface area contributed by atoms with Crippen molar-refractivity contribution in [3.63, 3.8) is 0 Å². The molecule has 8 heteroatoms. The highest BCUT2D eigenvalue weighted by atomic mass is 19.1. The van der Waals surface area contributed by atoms with Crippen molar-refractivity contribution in [3.05, 3.63) is 35.4 Å². The number of benzene rings is 1. The molecule has 3 unspecified atom stereocenters. The monoisotopic (exact) mass is 405 g/mol. The van der Waals surface area contributed by atoms with Gasteiger partial charge in [0.05, 0.1) is 0 Å². The third-order valence-electron chi connectivity index (χ3n) is 6.60. The van der Waals surface area contributed by atoms with E-state index in [2.05, 4.69) is 5.32 Å². The molecule has 29 heavy (non-hydrogen) atoms.